The summed E-state index contributed by atoms with van der Waals surface area (Å²) in [6, 6.07) is 5.29. The van der Waals surface area contributed by atoms with Gasteiger partial charge in [-0.25, -0.2) is 9.59 Å². The zero-order valence-corrected chi connectivity index (χ0v) is 16.9. The monoisotopic (exact) mass is 456 g/mol. The number of nitrogens with one attached hydrogen (secondary N) is 1. The Morgan fingerprint density at radius 3 is 2.00 bits per heavy atom. The second-order valence-electron chi connectivity index (χ2n) is 6.46. The fourth-order valence-corrected chi connectivity index (χ4v) is 3.04. The molecule has 29 heavy (non-hydrogen) atoms. The van der Waals surface area contributed by atoms with Crippen LogP contribution in [0.2, 0.25) is 5.02 Å². The summed E-state index contributed by atoms with van der Waals surface area (Å²) in [6.07, 6.45) is -3.88. The number of rotatable bonds is 4. The maximum Gasteiger partial charge on any atom is 0.490 e. The van der Waals surface area contributed by atoms with Gasteiger partial charge in [0.25, 0.3) is 5.91 Å². The molecule has 7 nitrogen and oxygen atoms in total. The van der Waals surface area contributed by atoms with Crippen LogP contribution in [0.25, 0.3) is 0 Å². The Morgan fingerprint density at radius 1 is 1.17 bits per heavy atom. The number of aliphatic carboxylic acids is 2. The molecule has 0 aliphatic carbocycles. The summed E-state index contributed by atoms with van der Waals surface area (Å²) in [4.78, 5) is 34.9. The van der Waals surface area contributed by atoms with Crippen molar-refractivity contribution < 1.29 is 37.8 Å². The number of alkyl halides is 3. The molecule has 162 valence electrons. The van der Waals surface area contributed by atoms with Gasteiger partial charge in [-0.05, 0) is 57.2 Å². The van der Waals surface area contributed by atoms with E-state index >= 15 is 0 Å². The number of benzene rings is 1. The van der Waals surface area contributed by atoms with E-state index in [4.69, 9.17) is 21.5 Å². The van der Waals surface area contributed by atoms with Crippen molar-refractivity contribution in [1.82, 2.24) is 10.2 Å². The van der Waals surface area contributed by atoms with Gasteiger partial charge in [-0.2, -0.15) is 25.8 Å². The number of carboxylic acids is 2. The third-order valence-corrected chi connectivity index (χ3v) is 5.22. The number of piperidine rings is 1. The standard InChI is InChI=1S/C15H19ClN2O3S.C2HF3O2/c1-18-8-6-15(22,7-9-18)12(14(20)21)17-13(19)10-2-4-11(16)5-3-10;3-2(4,5)1(6)7/h2-5,12,22H,6-9H2,1H3,(H,17,19)(H,20,21);(H,6,7)/t12-;/m1./s1. The van der Waals surface area contributed by atoms with Gasteiger partial charge in [0.2, 0.25) is 0 Å². The first kappa shape index (κ1) is 25.1. The lowest BCUT2D eigenvalue weighted by molar-refractivity contribution is -0.192. The van der Waals surface area contributed by atoms with Crippen molar-refractivity contribution in [3.05, 3.63) is 34.9 Å². The van der Waals surface area contributed by atoms with Gasteiger partial charge in [0.1, 0.15) is 6.04 Å². The molecule has 0 unspecified atom stereocenters. The summed E-state index contributed by atoms with van der Waals surface area (Å²) in [6.45, 7) is 1.51. The van der Waals surface area contributed by atoms with E-state index in [1.807, 2.05) is 7.05 Å². The molecular weight excluding hydrogens is 437 g/mol. The molecule has 1 amide bonds. The number of likely N-dealkylation sites (tertiary alicyclic amines) is 1. The lowest BCUT2D eigenvalue weighted by Crippen LogP contribution is -2.57. The fourth-order valence-electron chi connectivity index (χ4n) is 2.54. The van der Waals surface area contributed by atoms with Crippen molar-refractivity contribution in [3.8, 4) is 0 Å². The molecule has 1 aromatic rings. The Kier molecular flexibility index (Phi) is 8.79. The van der Waals surface area contributed by atoms with Gasteiger partial charge in [-0.1, -0.05) is 11.6 Å². The molecule has 0 radical (unpaired) electrons. The highest BCUT2D eigenvalue weighted by molar-refractivity contribution is 7.82. The van der Waals surface area contributed by atoms with Crippen LogP contribution in [0.4, 0.5) is 13.2 Å². The number of hydrogen-bond acceptors (Lipinski definition) is 5. The van der Waals surface area contributed by atoms with E-state index in [1.165, 1.54) is 0 Å². The van der Waals surface area contributed by atoms with Crippen LogP contribution in [0.15, 0.2) is 24.3 Å². The van der Waals surface area contributed by atoms with Crippen LogP contribution in [0, 0.1) is 0 Å². The van der Waals surface area contributed by atoms with E-state index in [1.54, 1.807) is 24.3 Å². The third kappa shape index (κ3) is 7.75. The van der Waals surface area contributed by atoms with E-state index in [-0.39, 0.29) is 0 Å². The van der Waals surface area contributed by atoms with Crippen LogP contribution in [-0.2, 0) is 9.59 Å². The van der Waals surface area contributed by atoms with E-state index in [9.17, 15) is 27.9 Å². The molecule has 1 aliphatic heterocycles. The Bertz CT molecular complexity index is 738. The Balaban J connectivity index is 0.000000516. The minimum Gasteiger partial charge on any atom is -0.480 e. The lowest BCUT2D eigenvalue weighted by atomic mass is 9.88. The molecule has 12 heteroatoms. The minimum atomic E-state index is -5.08. The zero-order valence-electron chi connectivity index (χ0n) is 15.2. The molecule has 0 spiro atoms. The molecule has 0 saturated carbocycles. The van der Waals surface area contributed by atoms with Crippen molar-refractivity contribution in [2.75, 3.05) is 20.1 Å². The average molecular weight is 457 g/mol. The average Bonchev–Trinajstić information content (AvgIpc) is 2.62. The molecule has 0 aromatic heterocycles. The van der Waals surface area contributed by atoms with Crippen molar-refractivity contribution in [3.63, 3.8) is 0 Å². The van der Waals surface area contributed by atoms with Gasteiger partial charge >= 0.3 is 18.1 Å². The normalized spacial score (nSPS) is 17.4. The number of halogens is 4. The summed E-state index contributed by atoms with van der Waals surface area (Å²) >= 11 is 10.4. The molecule has 1 fully saturated rings. The van der Waals surface area contributed by atoms with Gasteiger partial charge in [-0.3, -0.25) is 4.79 Å². The van der Waals surface area contributed by atoms with E-state index in [0.717, 1.165) is 13.1 Å². The molecule has 1 aliphatic rings. The SMILES string of the molecule is CN1CCC(S)([C@H](NC(=O)c2ccc(Cl)cc2)C(=O)O)CC1.O=C(O)C(F)(F)F. The Labute approximate surface area is 175 Å². The molecule has 0 bridgehead atoms. The predicted octanol–water partition coefficient (Wildman–Crippen LogP) is 2.55. The van der Waals surface area contributed by atoms with Crippen LogP contribution >= 0.6 is 24.2 Å². The molecule has 1 atom stereocenters. The van der Waals surface area contributed by atoms with E-state index < -0.39 is 34.8 Å². The van der Waals surface area contributed by atoms with E-state index in [0.29, 0.717) is 23.4 Å². The zero-order chi connectivity index (χ0) is 22.4. The van der Waals surface area contributed by atoms with Gasteiger partial charge < -0.3 is 20.4 Å². The maximum absolute atomic E-state index is 12.3. The van der Waals surface area contributed by atoms with Crippen LogP contribution in [-0.4, -0.2) is 70.1 Å². The first-order valence-electron chi connectivity index (χ1n) is 8.26. The molecule has 1 heterocycles. The van der Waals surface area contributed by atoms with Crippen molar-refractivity contribution in [2.24, 2.45) is 0 Å². The lowest BCUT2D eigenvalue weighted by Gasteiger charge is -2.40. The highest BCUT2D eigenvalue weighted by atomic mass is 35.5. The van der Waals surface area contributed by atoms with Crippen LogP contribution in [0.3, 0.4) is 0 Å². The summed E-state index contributed by atoms with van der Waals surface area (Å²) in [5, 5.41) is 19.7. The molecule has 3 N–H and O–H groups in total. The predicted molar refractivity (Wildman–Crippen MR) is 102 cm³/mol. The first-order valence-corrected chi connectivity index (χ1v) is 9.09. The van der Waals surface area contributed by atoms with Gasteiger partial charge in [0, 0.05) is 15.3 Å². The third-order valence-electron chi connectivity index (χ3n) is 4.26. The summed E-state index contributed by atoms with van der Waals surface area (Å²) in [5.74, 6) is -4.26. The van der Waals surface area contributed by atoms with Crippen molar-refractivity contribution in [2.45, 2.75) is 29.8 Å². The van der Waals surface area contributed by atoms with Crippen LogP contribution in [0.5, 0.6) is 0 Å². The van der Waals surface area contributed by atoms with Crippen molar-refractivity contribution >= 4 is 42.1 Å². The topological polar surface area (TPSA) is 107 Å². The molecule has 1 aromatic carbocycles. The second-order valence-corrected chi connectivity index (χ2v) is 7.79. The highest BCUT2D eigenvalue weighted by Crippen LogP contribution is 2.32. The van der Waals surface area contributed by atoms with Crippen LogP contribution in [0.1, 0.15) is 23.2 Å². The number of amides is 1. The number of carboxylic acid groups (broad SMARTS) is 2. The molecule has 2 rings (SSSR count). The van der Waals surface area contributed by atoms with Gasteiger partial charge in [0.05, 0.1) is 0 Å². The number of hydrogen-bond donors (Lipinski definition) is 4. The molecular formula is C17H20ClF3N2O5S. The van der Waals surface area contributed by atoms with Crippen LogP contribution < -0.4 is 5.32 Å². The van der Waals surface area contributed by atoms with Gasteiger partial charge in [-0.15, -0.1) is 0 Å². The minimum absolute atomic E-state index is 0.375. The second kappa shape index (κ2) is 10.2. The summed E-state index contributed by atoms with van der Waals surface area (Å²) < 4.78 is 31.0. The molecule has 1 saturated heterocycles. The Morgan fingerprint density at radius 2 is 1.62 bits per heavy atom. The largest absolute Gasteiger partial charge is 0.490 e. The quantitative estimate of drug-likeness (QED) is 0.519. The number of nitrogens with zero attached hydrogens (tertiary/aromatic N) is 1. The maximum atomic E-state index is 12.3. The smallest absolute Gasteiger partial charge is 0.480 e. The number of thiol groups is 1. The Hall–Kier alpha value is -1.98. The number of carbonyl (C=O) groups excluding carboxylic acids is 1. The first-order chi connectivity index (χ1) is 13.3. The summed E-state index contributed by atoms with van der Waals surface area (Å²) in [7, 11) is 1.98. The fraction of sp³-hybridized carbons (Fsp3) is 0.471. The van der Waals surface area contributed by atoms with Crippen molar-refractivity contribution in [1.29, 1.82) is 0 Å². The van der Waals surface area contributed by atoms with E-state index in [2.05, 4.69) is 22.8 Å². The van der Waals surface area contributed by atoms with Gasteiger partial charge in [0.15, 0.2) is 0 Å². The summed E-state index contributed by atoms with van der Waals surface area (Å²) in [5.41, 5.74) is 0.375. The number of carbonyl (C=O) groups is 3. The highest BCUT2D eigenvalue weighted by Gasteiger charge is 2.43.